The summed E-state index contributed by atoms with van der Waals surface area (Å²) in [6, 6.07) is 26.3. The van der Waals surface area contributed by atoms with Crippen molar-refractivity contribution in [2.24, 2.45) is 0 Å². The van der Waals surface area contributed by atoms with Crippen LogP contribution in [0.15, 0.2) is 108 Å². The van der Waals surface area contributed by atoms with E-state index >= 15 is 0 Å². The molecule has 0 heterocycles. The van der Waals surface area contributed by atoms with E-state index in [1.165, 1.54) is 12.0 Å². The van der Waals surface area contributed by atoms with Crippen LogP contribution in [0.5, 0.6) is 11.5 Å². The van der Waals surface area contributed by atoms with Crippen molar-refractivity contribution in [3.05, 3.63) is 120 Å². The minimum Gasteiger partial charge on any atom is -0.497 e. The summed E-state index contributed by atoms with van der Waals surface area (Å²) in [4.78, 5) is 29.7. The van der Waals surface area contributed by atoms with E-state index in [9.17, 15) is 22.4 Å². The number of hydrogen-bond acceptors (Lipinski definition) is 6. The number of rotatable bonds is 17. The van der Waals surface area contributed by atoms with Gasteiger partial charge >= 0.3 is 0 Å². The van der Waals surface area contributed by atoms with Crippen LogP contribution in [0.4, 0.5) is 10.1 Å². The molecule has 0 aliphatic rings. The summed E-state index contributed by atoms with van der Waals surface area (Å²) in [6.07, 6.45) is 1.83. The number of amides is 2. The van der Waals surface area contributed by atoms with Gasteiger partial charge in [0.15, 0.2) is 0 Å². The van der Waals surface area contributed by atoms with Gasteiger partial charge in [-0.1, -0.05) is 55.8 Å². The van der Waals surface area contributed by atoms with E-state index in [2.05, 4.69) is 5.32 Å². The molecule has 1 N–H and O–H groups in total. The molecule has 0 spiro atoms. The van der Waals surface area contributed by atoms with Crippen LogP contribution in [-0.2, 0) is 32.6 Å². The van der Waals surface area contributed by atoms with Crippen molar-refractivity contribution in [1.29, 1.82) is 0 Å². The maximum absolute atomic E-state index is 14.6. The van der Waals surface area contributed by atoms with Crippen molar-refractivity contribution in [1.82, 2.24) is 10.2 Å². The molecule has 254 valence electrons. The number of anilines is 1. The molecule has 1 atom stereocenters. The standard InChI is InChI=1S/C37H42FN3O6S/c1-4-6-23-39-37(43)35(25-28-11-8-7-9-12-28)40(26-29-13-10-14-33(24-29)46-3)36(42)27-41(31-17-19-32(20-18-31)47-5-2)48(44,45)34-21-15-30(38)16-22-34/h7-22,24,35H,4-6,23,25-27H2,1-3H3,(H,39,43)/t35-/m1/s1. The van der Waals surface area contributed by atoms with Crippen molar-refractivity contribution in [3.63, 3.8) is 0 Å². The van der Waals surface area contributed by atoms with E-state index in [0.29, 0.717) is 30.2 Å². The summed E-state index contributed by atoms with van der Waals surface area (Å²) in [5.74, 6) is -0.457. The van der Waals surface area contributed by atoms with Crippen molar-refractivity contribution >= 4 is 27.5 Å². The molecule has 0 bridgehead atoms. The second-order valence-corrected chi connectivity index (χ2v) is 13.0. The Hall–Kier alpha value is -4.90. The molecule has 4 aromatic rings. The summed E-state index contributed by atoms with van der Waals surface area (Å²) in [5, 5.41) is 2.97. The smallest absolute Gasteiger partial charge is 0.264 e. The van der Waals surface area contributed by atoms with Gasteiger partial charge in [-0.15, -0.1) is 0 Å². The first-order chi connectivity index (χ1) is 23.2. The average molecular weight is 676 g/mol. The zero-order valence-electron chi connectivity index (χ0n) is 27.5. The van der Waals surface area contributed by atoms with Crippen LogP contribution in [0.3, 0.4) is 0 Å². The van der Waals surface area contributed by atoms with Crippen molar-refractivity contribution in [2.75, 3.05) is 31.1 Å². The Morgan fingerprint density at radius 3 is 2.19 bits per heavy atom. The SMILES string of the molecule is CCCCNC(=O)[C@@H](Cc1ccccc1)N(Cc1cccc(OC)c1)C(=O)CN(c1ccc(OCC)cc1)S(=O)(=O)c1ccc(F)cc1. The molecule has 4 rings (SSSR count). The van der Waals surface area contributed by atoms with Gasteiger partial charge in [0.25, 0.3) is 10.0 Å². The lowest BCUT2D eigenvalue weighted by molar-refractivity contribution is -0.140. The third-order valence-electron chi connectivity index (χ3n) is 7.70. The topological polar surface area (TPSA) is 105 Å². The number of hydrogen-bond donors (Lipinski definition) is 1. The number of halogens is 1. The maximum atomic E-state index is 14.6. The molecular weight excluding hydrogens is 633 g/mol. The molecule has 0 unspecified atom stereocenters. The fourth-order valence-electron chi connectivity index (χ4n) is 5.17. The van der Waals surface area contributed by atoms with E-state index in [1.807, 2.05) is 50.2 Å². The molecule has 0 aliphatic carbocycles. The monoisotopic (exact) mass is 675 g/mol. The molecule has 0 saturated carbocycles. The number of carbonyl (C=O) groups excluding carboxylic acids is 2. The maximum Gasteiger partial charge on any atom is 0.264 e. The summed E-state index contributed by atoms with van der Waals surface area (Å²) in [6.45, 7) is 4.06. The zero-order chi connectivity index (χ0) is 34.5. The first kappa shape index (κ1) is 35.9. The average Bonchev–Trinajstić information content (AvgIpc) is 3.10. The largest absolute Gasteiger partial charge is 0.497 e. The highest BCUT2D eigenvalue weighted by Crippen LogP contribution is 2.27. The lowest BCUT2D eigenvalue weighted by Crippen LogP contribution is -2.53. The number of sulfonamides is 1. The van der Waals surface area contributed by atoms with E-state index < -0.39 is 34.3 Å². The summed E-state index contributed by atoms with van der Waals surface area (Å²) < 4.78 is 54.0. The number of carbonyl (C=O) groups is 2. The highest BCUT2D eigenvalue weighted by atomic mass is 32.2. The molecular formula is C37H42FN3O6S. The lowest BCUT2D eigenvalue weighted by Gasteiger charge is -2.34. The minimum atomic E-state index is -4.37. The molecule has 0 aliphatic heterocycles. The Balaban J connectivity index is 1.80. The van der Waals surface area contributed by atoms with Gasteiger partial charge in [0.1, 0.15) is 29.9 Å². The van der Waals surface area contributed by atoms with Gasteiger partial charge in [-0.3, -0.25) is 13.9 Å². The van der Waals surface area contributed by atoms with Crippen LogP contribution in [0.1, 0.15) is 37.8 Å². The van der Waals surface area contributed by atoms with Crippen LogP contribution in [0.25, 0.3) is 0 Å². The van der Waals surface area contributed by atoms with E-state index in [4.69, 9.17) is 9.47 Å². The third-order valence-corrected chi connectivity index (χ3v) is 9.49. The Bertz CT molecular complexity index is 1740. The second kappa shape index (κ2) is 17.3. The number of unbranched alkanes of at least 4 members (excludes halogenated alkanes) is 1. The third kappa shape index (κ3) is 9.57. The molecule has 0 saturated heterocycles. The second-order valence-electron chi connectivity index (χ2n) is 11.1. The van der Waals surface area contributed by atoms with Crippen LogP contribution < -0.4 is 19.1 Å². The Kier molecular flexibility index (Phi) is 13.0. The molecule has 0 radical (unpaired) electrons. The predicted molar refractivity (Wildman–Crippen MR) is 184 cm³/mol. The molecule has 2 amide bonds. The molecule has 11 heteroatoms. The van der Waals surface area contributed by atoms with Crippen LogP contribution in [0.2, 0.25) is 0 Å². The number of methoxy groups -OCH3 is 1. The van der Waals surface area contributed by atoms with E-state index in [1.54, 1.807) is 42.5 Å². The van der Waals surface area contributed by atoms with Crippen molar-refractivity contribution in [2.45, 2.75) is 50.6 Å². The van der Waals surface area contributed by atoms with Crippen LogP contribution in [-0.4, -0.2) is 58.0 Å². The Morgan fingerprint density at radius 2 is 1.54 bits per heavy atom. The Labute approximate surface area is 282 Å². The first-order valence-electron chi connectivity index (χ1n) is 15.9. The van der Waals surface area contributed by atoms with Crippen molar-refractivity contribution < 1.29 is 31.9 Å². The normalized spacial score (nSPS) is 11.8. The minimum absolute atomic E-state index is 0.00243. The number of nitrogens with one attached hydrogen (secondary N) is 1. The van der Waals surface area contributed by atoms with Gasteiger partial charge in [-0.25, -0.2) is 12.8 Å². The van der Waals surface area contributed by atoms with Gasteiger partial charge in [-0.2, -0.15) is 0 Å². The molecule has 48 heavy (non-hydrogen) atoms. The summed E-state index contributed by atoms with van der Waals surface area (Å²) >= 11 is 0. The summed E-state index contributed by atoms with van der Waals surface area (Å²) in [5.41, 5.74) is 1.72. The molecule has 4 aromatic carbocycles. The highest BCUT2D eigenvalue weighted by Gasteiger charge is 2.34. The van der Waals surface area contributed by atoms with Crippen LogP contribution in [0, 0.1) is 5.82 Å². The fraction of sp³-hybridized carbons (Fsp3) is 0.297. The van der Waals surface area contributed by atoms with Crippen molar-refractivity contribution in [3.8, 4) is 11.5 Å². The lowest BCUT2D eigenvalue weighted by atomic mass is 10.0. The number of benzene rings is 4. The van der Waals surface area contributed by atoms with Crippen LogP contribution >= 0.6 is 0 Å². The summed E-state index contributed by atoms with van der Waals surface area (Å²) in [7, 11) is -2.83. The molecule has 0 aromatic heterocycles. The highest BCUT2D eigenvalue weighted by molar-refractivity contribution is 7.92. The zero-order valence-corrected chi connectivity index (χ0v) is 28.3. The van der Waals surface area contributed by atoms with Gasteiger partial charge < -0.3 is 19.7 Å². The van der Waals surface area contributed by atoms with Gasteiger partial charge in [0, 0.05) is 19.5 Å². The van der Waals surface area contributed by atoms with E-state index in [0.717, 1.165) is 47.0 Å². The van der Waals surface area contributed by atoms with E-state index in [-0.39, 0.29) is 29.5 Å². The number of nitrogens with zero attached hydrogens (tertiary/aromatic N) is 2. The Morgan fingerprint density at radius 1 is 0.854 bits per heavy atom. The first-order valence-corrected chi connectivity index (χ1v) is 17.4. The van der Waals surface area contributed by atoms with Gasteiger partial charge in [-0.05, 0) is 85.1 Å². The molecule has 9 nitrogen and oxygen atoms in total. The quantitative estimate of drug-likeness (QED) is 0.138. The van der Waals surface area contributed by atoms with Gasteiger partial charge in [0.05, 0.1) is 24.3 Å². The molecule has 0 fully saturated rings. The number of ether oxygens (including phenoxy) is 2. The van der Waals surface area contributed by atoms with Gasteiger partial charge in [0.2, 0.25) is 11.8 Å². The predicted octanol–water partition coefficient (Wildman–Crippen LogP) is 5.98. The fourth-order valence-corrected chi connectivity index (χ4v) is 6.58.